The number of ether oxygens (including phenoxy) is 1. The lowest BCUT2D eigenvalue weighted by atomic mass is 9.86. The molecule has 3 rings (SSSR count). The quantitative estimate of drug-likeness (QED) is 0.724. The molecule has 26 heavy (non-hydrogen) atoms. The van der Waals surface area contributed by atoms with E-state index in [9.17, 15) is 4.79 Å². The Balaban J connectivity index is 1.37. The van der Waals surface area contributed by atoms with Gasteiger partial charge in [-0.1, -0.05) is 55.6 Å². The summed E-state index contributed by atoms with van der Waals surface area (Å²) >= 11 is 1.43. The van der Waals surface area contributed by atoms with Gasteiger partial charge in [-0.3, -0.25) is 4.79 Å². The van der Waals surface area contributed by atoms with Crippen LogP contribution in [0, 0.1) is 12.8 Å². The summed E-state index contributed by atoms with van der Waals surface area (Å²) in [5.41, 5.74) is 1.18. The van der Waals surface area contributed by atoms with E-state index in [2.05, 4.69) is 15.5 Å². The summed E-state index contributed by atoms with van der Waals surface area (Å²) < 4.78 is 5.74. The number of amides is 1. The molecule has 1 aliphatic carbocycles. The molecular formula is C20H27N3O2S. The molecule has 0 spiro atoms. The van der Waals surface area contributed by atoms with Gasteiger partial charge in [0.05, 0.1) is 6.61 Å². The third-order valence-corrected chi connectivity index (χ3v) is 5.69. The number of nitrogens with one attached hydrogen (secondary N) is 1. The maximum atomic E-state index is 12.1. The van der Waals surface area contributed by atoms with Crippen LogP contribution in [0.3, 0.4) is 0 Å². The van der Waals surface area contributed by atoms with Gasteiger partial charge in [0.15, 0.2) is 0 Å². The van der Waals surface area contributed by atoms with E-state index >= 15 is 0 Å². The van der Waals surface area contributed by atoms with Crippen LogP contribution in [0.2, 0.25) is 0 Å². The maximum absolute atomic E-state index is 12.1. The molecule has 1 saturated carbocycles. The Kier molecular flexibility index (Phi) is 7.00. The topological polar surface area (TPSA) is 64.1 Å². The van der Waals surface area contributed by atoms with Gasteiger partial charge in [0.1, 0.15) is 10.8 Å². The van der Waals surface area contributed by atoms with Crippen molar-refractivity contribution in [2.45, 2.75) is 58.3 Å². The van der Waals surface area contributed by atoms with Crippen molar-refractivity contribution in [1.82, 2.24) is 10.2 Å². The molecule has 6 heteroatoms. The normalized spacial score (nSPS) is 15.0. The smallest absolute Gasteiger partial charge is 0.226 e. The summed E-state index contributed by atoms with van der Waals surface area (Å²) in [7, 11) is 0. The van der Waals surface area contributed by atoms with Crippen molar-refractivity contribution in [2.24, 2.45) is 5.92 Å². The lowest BCUT2D eigenvalue weighted by molar-refractivity contribution is -0.116. The second-order valence-corrected chi connectivity index (χ2v) is 8.07. The van der Waals surface area contributed by atoms with Crippen LogP contribution in [0.25, 0.3) is 0 Å². The van der Waals surface area contributed by atoms with Gasteiger partial charge < -0.3 is 10.1 Å². The third kappa shape index (κ3) is 6.09. The number of anilines is 1. The third-order valence-electron chi connectivity index (χ3n) is 4.79. The predicted octanol–water partition coefficient (Wildman–Crippen LogP) is 4.77. The fourth-order valence-electron chi connectivity index (χ4n) is 3.36. The van der Waals surface area contributed by atoms with E-state index in [1.165, 1.54) is 49.0 Å². The Hall–Kier alpha value is -1.95. The number of carbonyl (C=O) groups is 1. The van der Waals surface area contributed by atoms with Crippen LogP contribution < -0.4 is 10.1 Å². The highest BCUT2D eigenvalue weighted by Crippen LogP contribution is 2.27. The largest absolute Gasteiger partial charge is 0.493 e. The standard InChI is InChI=1S/C20H27N3O2S/c1-15-6-5-9-17(14-15)25-13-12-19-22-23-20(26-19)21-18(24)11-10-16-7-3-2-4-8-16/h5-6,9,14,16H,2-4,7-8,10-13H2,1H3,(H,21,23,24). The number of carbonyl (C=O) groups excluding carboxylic acids is 1. The van der Waals surface area contributed by atoms with Gasteiger partial charge in [0.2, 0.25) is 11.0 Å². The average Bonchev–Trinajstić information content (AvgIpc) is 3.08. The van der Waals surface area contributed by atoms with Crippen molar-refractivity contribution in [2.75, 3.05) is 11.9 Å². The number of rotatable bonds is 8. The van der Waals surface area contributed by atoms with Crippen LogP contribution in [0.1, 0.15) is 55.5 Å². The number of hydrogen-bond acceptors (Lipinski definition) is 5. The molecule has 0 atom stereocenters. The van der Waals surface area contributed by atoms with Gasteiger partial charge in [-0.25, -0.2) is 0 Å². The van der Waals surface area contributed by atoms with Gasteiger partial charge in [-0.05, 0) is 37.0 Å². The molecule has 5 nitrogen and oxygen atoms in total. The van der Waals surface area contributed by atoms with E-state index in [0.717, 1.165) is 23.1 Å². The summed E-state index contributed by atoms with van der Waals surface area (Å²) in [6.45, 7) is 2.59. The van der Waals surface area contributed by atoms with Crippen LogP contribution in [0.4, 0.5) is 5.13 Å². The molecule has 1 N–H and O–H groups in total. The Morgan fingerprint density at radius 3 is 2.92 bits per heavy atom. The van der Waals surface area contributed by atoms with Gasteiger partial charge in [0.25, 0.3) is 0 Å². The molecule has 1 aromatic heterocycles. The van der Waals surface area contributed by atoms with Crippen LogP contribution in [-0.4, -0.2) is 22.7 Å². The fraction of sp³-hybridized carbons (Fsp3) is 0.550. The first-order valence-corrected chi connectivity index (χ1v) is 10.3. The van der Waals surface area contributed by atoms with Crippen LogP contribution in [0.15, 0.2) is 24.3 Å². The highest BCUT2D eigenvalue weighted by molar-refractivity contribution is 7.15. The predicted molar refractivity (Wildman–Crippen MR) is 105 cm³/mol. The van der Waals surface area contributed by atoms with Crippen LogP contribution >= 0.6 is 11.3 Å². The lowest BCUT2D eigenvalue weighted by Crippen LogP contribution is -2.14. The van der Waals surface area contributed by atoms with Crippen molar-refractivity contribution in [1.29, 1.82) is 0 Å². The second-order valence-electron chi connectivity index (χ2n) is 7.01. The molecule has 0 saturated heterocycles. The first-order chi connectivity index (χ1) is 12.7. The van der Waals surface area contributed by atoms with E-state index in [4.69, 9.17) is 4.74 Å². The highest BCUT2D eigenvalue weighted by Gasteiger charge is 2.15. The molecule has 2 aromatic rings. The van der Waals surface area contributed by atoms with E-state index < -0.39 is 0 Å². The number of nitrogens with zero attached hydrogens (tertiary/aromatic N) is 2. The minimum Gasteiger partial charge on any atom is -0.493 e. The second kappa shape index (κ2) is 9.67. The van der Waals surface area contributed by atoms with Crippen molar-refractivity contribution in [3.8, 4) is 5.75 Å². The monoisotopic (exact) mass is 373 g/mol. The average molecular weight is 374 g/mol. The molecule has 0 radical (unpaired) electrons. The van der Waals surface area contributed by atoms with Gasteiger partial charge in [0, 0.05) is 12.8 Å². The molecule has 0 aliphatic heterocycles. The summed E-state index contributed by atoms with van der Waals surface area (Å²) in [4.78, 5) is 12.1. The zero-order valence-electron chi connectivity index (χ0n) is 15.4. The van der Waals surface area contributed by atoms with Crippen molar-refractivity contribution in [3.05, 3.63) is 34.8 Å². The molecule has 1 amide bonds. The summed E-state index contributed by atoms with van der Waals surface area (Å²) in [6.07, 6.45) is 8.78. The minimum atomic E-state index is 0.0503. The zero-order chi connectivity index (χ0) is 18.2. The Labute approximate surface area is 159 Å². The van der Waals surface area contributed by atoms with E-state index in [0.29, 0.717) is 24.6 Å². The summed E-state index contributed by atoms with van der Waals surface area (Å²) in [5.74, 6) is 1.64. The molecule has 0 unspecified atom stereocenters. The SMILES string of the molecule is Cc1cccc(OCCc2nnc(NC(=O)CCC3CCCCC3)s2)c1. The molecule has 0 bridgehead atoms. The summed E-state index contributed by atoms with van der Waals surface area (Å²) in [5, 5.41) is 12.6. The van der Waals surface area contributed by atoms with E-state index in [1.54, 1.807) is 0 Å². The molecule has 1 heterocycles. The Bertz CT molecular complexity index is 711. The zero-order valence-corrected chi connectivity index (χ0v) is 16.2. The minimum absolute atomic E-state index is 0.0503. The molecule has 140 valence electrons. The summed E-state index contributed by atoms with van der Waals surface area (Å²) in [6, 6.07) is 7.99. The number of aromatic nitrogens is 2. The molecule has 1 aromatic carbocycles. The van der Waals surface area contributed by atoms with E-state index in [-0.39, 0.29) is 5.91 Å². The van der Waals surface area contributed by atoms with Crippen molar-refractivity contribution in [3.63, 3.8) is 0 Å². The van der Waals surface area contributed by atoms with Crippen LogP contribution in [-0.2, 0) is 11.2 Å². The number of aryl methyl sites for hydroxylation is 1. The number of hydrogen-bond donors (Lipinski definition) is 1. The van der Waals surface area contributed by atoms with E-state index in [1.807, 2.05) is 31.2 Å². The van der Waals surface area contributed by atoms with Crippen molar-refractivity contribution < 1.29 is 9.53 Å². The molecule has 1 fully saturated rings. The first-order valence-electron chi connectivity index (χ1n) is 9.51. The van der Waals surface area contributed by atoms with Crippen molar-refractivity contribution >= 4 is 22.4 Å². The van der Waals surface area contributed by atoms with Gasteiger partial charge >= 0.3 is 0 Å². The van der Waals surface area contributed by atoms with Gasteiger partial charge in [-0.15, -0.1) is 10.2 Å². The number of benzene rings is 1. The molecular weight excluding hydrogens is 346 g/mol. The Morgan fingerprint density at radius 2 is 2.12 bits per heavy atom. The lowest BCUT2D eigenvalue weighted by Gasteiger charge is -2.20. The van der Waals surface area contributed by atoms with Gasteiger partial charge in [-0.2, -0.15) is 0 Å². The first kappa shape index (κ1) is 18.8. The Morgan fingerprint density at radius 1 is 1.27 bits per heavy atom. The maximum Gasteiger partial charge on any atom is 0.226 e. The highest BCUT2D eigenvalue weighted by atomic mass is 32.1. The molecule has 1 aliphatic rings. The fourth-order valence-corrected chi connectivity index (χ4v) is 4.10. The van der Waals surface area contributed by atoms with Crippen LogP contribution in [0.5, 0.6) is 5.75 Å².